The maximum Gasteiger partial charge on any atom is 0.174 e. The van der Waals surface area contributed by atoms with Crippen LogP contribution >= 0.6 is 11.8 Å². The third-order valence-corrected chi connectivity index (χ3v) is 4.13. The minimum Gasteiger partial charge on any atom is -0.448 e. The summed E-state index contributed by atoms with van der Waals surface area (Å²) >= 11 is 1.45. The molecule has 0 radical (unpaired) electrons. The number of H-pyrrole nitrogens is 1. The summed E-state index contributed by atoms with van der Waals surface area (Å²) in [6, 6.07) is 21.5. The van der Waals surface area contributed by atoms with Crippen molar-refractivity contribution in [2.24, 2.45) is 5.10 Å². The Morgan fingerprint density at radius 1 is 1.00 bits per heavy atom. The molecule has 0 spiro atoms. The van der Waals surface area contributed by atoms with Gasteiger partial charge in [-0.05, 0) is 48.2 Å². The lowest BCUT2D eigenvalue weighted by Gasteiger charge is -1.97. The Morgan fingerprint density at radius 3 is 2.71 bits per heavy atom. The molecule has 0 saturated heterocycles. The highest BCUT2D eigenvalue weighted by Crippen LogP contribution is 2.28. The zero-order valence-electron chi connectivity index (χ0n) is 12.6. The monoisotopic (exact) mass is 334 g/mol. The van der Waals surface area contributed by atoms with Crippen molar-refractivity contribution in [3.8, 4) is 0 Å². The summed E-state index contributed by atoms with van der Waals surface area (Å²) in [4.78, 5) is 7.78. The van der Waals surface area contributed by atoms with Crippen molar-refractivity contribution in [1.29, 1.82) is 0 Å². The van der Waals surface area contributed by atoms with Gasteiger partial charge in [0.15, 0.2) is 10.2 Å². The van der Waals surface area contributed by atoms with Crippen molar-refractivity contribution in [3.63, 3.8) is 0 Å². The molecule has 2 N–H and O–H groups in total. The normalized spacial score (nSPS) is 11.3. The van der Waals surface area contributed by atoms with Crippen molar-refractivity contribution in [2.45, 2.75) is 10.2 Å². The molecule has 6 heteroatoms. The lowest BCUT2D eigenvalue weighted by molar-refractivity contribution is 0.468. The molecule has 2 heterocycles. The first-order valence-electron chi connectivity index (χ1n) is 7.43. The summed E-state index contributed by atoms with van der Waals surface area (Å²) < 4.78 is 5.74. The van der Waals surface area contributed by atoms with E-state index in [1.807, 2.05) is 66.7 Å². The van der Waals surface area contributed by atoms with Gasteiger partial charge in [-0.2, -0.15) is 5.10 Å². The van der Waals surface area contributed by atoms with Crippen LogP contribution in [0.4, 0.5) is 5.69 Å². The number of aromatic nitrogens is 2. The lowest BCUT2D eigenvalue weighted by atomic mass is 10.3. The van der Waals surface area contributed by atoms with E-state index in [9.17, 15) is 0 Å². The Bertz CT molecular complexity index is 942. The third kappa shape index (κ3) is 3.33. The van der Waals surface area contributed by atoms with Crippen molar-refractivity contribution in [3.05, 3.63) is 72.5 Å². The zero-order valence-corrected chi connectivity index (χ0v) is 13.5. The molecule has 2 aromatic heterocycles. The number of benzene rings is 2. The van der Waals surface area contributed by atoms with E-state index in [4.69, 9.17) is 4.42 Å². The van der Waals surface area contributed by atoms with Gasteiger partial charge < -0.3 is 9.40 Å². The van der Waals surface area contributed by atoms with E-state index in [2.05, 4.69) is 20.5 Å². The number of hydrogen-bond donors (Lipinski definition) is 2. The summed E-state index contributed by atoms with van der Waals surface area (Å²) in [7, 11) is 0. The first-order chi connectivity index (χ1) is 11.9. The highest BCUT2D eigenvalue weighted by molar-refractivity contribution is 7.99. The number of hydrogen-bond acceptors (Lipinski definition) is 5. The maximum absolute atomic E-state index is 5.74. The molecular formula is C18H14N4OS. The summed E-state index contributed by atoms with van der Waals surface area (Å²) in [5.41, 5.74) is 5.84. The third-order valence-electron chi connectivity index (χ3n) is 3.33. The van der Waals surface area contributed by atoms with Crippen LogP contribution in [-0.4, -0.2) is 16.2 Å². The Morgan fingerprint density at radius 2 is 1.83 bits per heavy atom. The van der Waals surface area contributed by atoms with E-state index >= 15 is 0 Å². The standard InChI is InChI=1S/C18H14N4OS/c1-2-6-13(7-3-1)22-19-12-14-10-11-17(23-14)24-18-20-15-8-4-5-9-16(15)21-18/h1-12,22H,(H,20,21)/b19-12-. The molecule has 0 aliphatic rings. The Kier molecular flexibility index (Phi) is 4.04. The number of aromatic amines is 1. The molecule has 4 rings (SSSR count). The summed E-state index contributed by atoms with van der Waals surface area (Å²) in [6.45, 7) is 0. The fraction of sp³-hybridized carbons (Fsp3) is 0. The summed E-state index contributed by atoms with van der Waals surface area (Å²) in [5.74, 6) is 0.678. The Balaban J connectivity index is 1.42. The van der Waals surface area contributed by atoms with E-state index in [0.29, 0.717) is 5.76 Å². The first kappa shape index (κ1) is 14.6. The molecule has 2 aromatic carbocycles. The molecule has 5 nitrogen and oxygen atoms in total. The minimum absolute atomic E-state index is 0.678. The zero-order chi connectivity index (χ0) is 16.2. The van der Waals surface area contributed by atoms with Gasteiger partial charge in [0.25, 0.3) is 0 Å². The molecule has 0 fully saturated rings. The minimum atomic E-state index is 0.678. The van der Waals surface area contributed by atoms with Gasteiger partial charge in [-0.25, -0.2) is 4.98 Å². The summed E-state index contributed by atoms with van der Waals surface area (Å²) in [6.07, 6.45) is 1.65. The SMILES string of the molecule is C(=N/Nc1ccccc1)/c1ccc(Sc2nc3ccccc3[nH]2)o1. The van der Waals surface area contributed by atoms with Gasteiger partial charge in [-0.1, -0.05) is 30.3 Å². The van der Waals surface area contributed by atoms with Crippen LogP contribution in [0, 0.1) is 0 Å². The van der Waals surface area contributed by atoms with Crippen LogP contribution in [0.1, 0.15) is 5.76 Å². The number of hydrazone groups is 1. The predicted octanol–water partition coefficient (Wildman–Crippen LogP) is 4.75. The van der Waals surface area contributed by atoms with Crippen molar-refractivity contribution in [2.75, 3.05) is 5.43 Å². The largest absolute Gasteiger partial charge is 0.448 e. The molecule has 0 amide bonds. The molecule has 4 aromatic rings. The van der Waals surface area contributed by atoms with Crippen LogP contribution < -0.4 is 5.43 Å². The van der Waals surface area contributed by atoms with Gasteiger partial charge in [0.05, 0.1) is 22.9 Å². The van der Waals surface area contributed by atoms with Crippen molar-refractivity contribution >= 4 is 34.7 Å². The van der Waals surface area contributed by atoms with E-state index in [0.717, 1.165) is 27.0 Å². The average Bonchev–Trinajstić information content (AvgIpc) is 3.22. The van der Waals surface area contributed by atoms with Gasteiger partial charge in [-0.3, -0.25) is 5.43 Å². The fourth-order valence-corrected chi connectivity index (χ4v) is 2.98. The van der Waals surface area contributed by atoms with Crippen molar-refractivity contribution < 1.29 is 4.42 Å². The second-order valence-electron chi connectivity index (χ2n) is 5.05. The van der Waals surface area contributed by atoms with E-state index in [-0.39, 0.29) is 0 Å². The number of furan rings is 1. The molecule has 24 heavy (non-hydrogen) atoms. The molecule has 0 unspecified atom stereocenters. The highest BCUT2D eigenvalue weighted by atomic mass is 32.2. The highest BCUT2D eigenvalue weighted by Gasteiger charge is 2.07. The van der Waals surface area contributed by atoms with E-state index in [1.54, 1.807) is 6.21 Å². The predicted molar refractivity (Wildman–Crippen MR) is 96.6 cm³/mol. The lowest BCUT2D eigenvalue weighted by Crippen LogP contribution is -1.88. The van der Waals surface area contributed by atoms with Crippen molar-refractivity contribution in [1.82, 2.24) is 9.97 Å². The molecule has 0 aliphatic carbocycles. The van der Waals surface area contributed by atoms with Gasteiger partial charge in [0.2, 0.25) is 0 Å². The molecule has 0 aliphatic heterocycles. The van der Waals surface area contributed by atoms with Crippen LogP contribution in [0.15, 0.2) is 86.5 Å². The second-order valence-corrected chi connectivity index (χ2v) is 6.05. The van der Waals surface area contributed by atoms with Crippen LogP contribution in [0.5, 0.6) is 0 Å². The van der Waals surface area contributed by atoms with Crippen LogP contribution in [0.25, 0.3) is 11.0 Å². The Hall–Kier alpha value is -2.99. The maximum atomic E-state index is 5.74. The summed E-state index contributed by atoms with van der Waals surface area (Å²) in [5, 5.41) is 5.73. The van der Waals surface area contributed by atoms with Gasteiger partial charge >= 0.3 is 0 Å². The van der Waals surface area contributed by atoms with Crippen LogP contribution in [0.2, 0.25) is 0 Å². The number of anilines is 1. The second kappa shape index (κ2) is 6.64. The number of rotatable bonds is 5. The molecule has 0 bridgehead atoms. The quantitative estimate of drug-likeness (QED) is 0.408. The fourth-order valence-electron chi connectivity index (χ4n) is 2.21. The topological polar surface area (TPSA) is 66.2 Å². The van der Waals surface area contributed by atoms with E-state index in [1.165, 1.54) is 11.8 Å². The number of imidazole rings is 1. The number of fused-ring (bicyclic) bond motifs is 1. The van der Waals surface area contributed by atoms with Gasteiger partial charge in [-0.15, -0.1) is 0 Å². The first-order valence-corrected chi connectivity index (χ1v) is 8.25. The van der Waals surface area contributed by atoms with Crippen LogP contribution in [0.3, 0.4) is 0 Å². The molecular weight excluding hydrogens is 320 g/mol. The number of nitrogens with zero attached hydrogens (tertiary/aromatic N) is 2. The number of para-hydroxylation sites is 3. The smallest absolute Gasteiger partial charge is 0.174 e. The Labute approximate surface area is 142 Å². The van der Waals surface area contributed by atoms with Crippen LogP contribution in [-0.2, 0) is 0 Å². The number of nitrogens with one attached hydrogen (secondary N) is 2. The molecule has 0 saturated carbocycles. The van der Waals surface area contributed by atoms with E-state index < -0.39 is 0 Å². The molecule has 0 atom stereocenters. The molecule has 118 valence electrons. The van der Waals surface area contributed by atoms with Gasteiger partial charge in [0, 0.05) is 0 Å². The average molecular weight is 334 g/mol. The van der Waals surface area contributed by atoms with Gasteiger partial charge in [0.1, 0.15) is 5.76 Å².